The molecule has 2 rings (SSSR count). The fraction of sp³-hybridized carbons (Fsp3) is 0.700. The molecule has 2 nitrogen and oxygen atoms in total. The maximum atomic E-state index is 4.47. The summed E-state index contributed by atoms with van der Waals surface area (Å²) in [4.78, 5) is 5.94. The summed E-state index contributed by atoms with van der Waals surface area (Å²) < 4.78 is 1.04. The second-order valence-electron chi connectivity index (χ2n) is 3.73. The van der Waals surface area contributed by atoms with Crippen LogP contribution in [0.2, 0.25) is 0 Å². The van der Waals surface area contributed by atoms with E-state index in [0.29, 0.717) is 6.04 Å². The lowest BCUT2D eigenvalue weighted by molar-refractivity contribution is 0.459. The fourth-order valence-corrected chi connectivity index (χ4v) is 3.58. The minimum Gasteiger partial charge on any atom is -0.314 e. The Balaban J connectivity index is 1.98. The van der Waals surface area contributed by atoms with Crippen molar-refractivity contribution in [2.45, 2.75) is 38.6 Å². The Morgan fingerprint density at radius 2 is 2.50 bits per heavy atom. The van der Waals surface area contributed by atoms with Crippen LogP contribution in [0.15, 0.2) is 3.92 Å². The van der Waals surface area contributed by atoms with Gasteiger partial charge in [-0.2, -0.15) is 0 Å². The topological polar surface area (TPSA) is 24.9 Å². The molecule has 1 aliphatic rings. The predicted molar refractivity (Wildman–Crippen MR) is 63.9 cm³/mol. The minimum atomic E-state index is 0.676. The molecule has 14 heavy (non-hydrogen) atoms. The highest BCUT2D eigenvalue weighted by Gasteiger charge is 2.21. The summed E-state index contributed by atoms with van der Waals surface area (Å²) in [5.74, 6) is 0. The second-order valence-corrected chi connectivity index (χ2v) is 6.09. The summed E-state index contributed by atoms with van der Waals surface area (Å²) in [5.41, 5.74) is 1.32. The molecule has 1 aromatic rings. The van der Waals surface area contributed by atoms with E-state index in [9.17, 15) is 0 Å². The van der Waals surface area contributed by atoms with Crippen LogP contribution in [0.4, 0.5) is 0 Å². The highest BCUT2D eigenvalue weighted by molar-refractivity contribution is 9.11. The van der Waals surface area contributed by atoms with Crippen LogP contribution >= 0.6 is 27.3 Å². The lowest BCUT2D eigenvalue weighted by Crippen LogP contribution is -2.34. The molecule has 1 aromatic heterocycles. The fourth-order valence-electron chi connectivity index (χ4n) is 1.87. The zero-order chi connectivity index (χ0) is 9.97. The third-order valence-corrected chi connectivity index (χ3v) is 4.17. The second kappa shape index (κ2) is 4.73. The molecule has 78 valence electrons. The smallest absolute Gasteiger partial charge is 0.159 e. The molecule has 0 spiro atoms. The Morgan fingerprint density at radius 1 is 1.64 bits per heavy atom. The first-order valence-electron chi connectivity index (χ1n) is 5.17. The van der Waals surface area contributed by atoms with Gasteiger partial charge in [-0.05, 0) is 48.2 Å². The molecular weight excluding hydrogens is 260 g/mol. The Hall–Kier alpha value is 0.0700. The number of nitrogens with zero attached hydrogens (tertiary/aromatic N) is 1. The summed E-state index contributed by atoms with van der Waals surface area (Å²) in [6.07, 6.45) is 4.76. The number of hydrogen-bond acceptors (Lipinski definition) is 3. The van der Waals surface area contributed by atoms with Crippen LogP contribution in [0, 0.1) is 0 Å². The molecule has 1 heterocycles. The highest BCUT2D eigenvalue weighted by atomic mass is 79.9. The van der Waals surface area contributed by atoms with Crippen LogP contribution in [0.1, 0.15) is 30.3 Å². The molecule has 0 saturated carbocycles. The quantitative estimate of drug-likeness (QED) is 0.917. The number of fused-ring (bicyclic) bond motifs is 1. The molecular formula is C10H15BrN2S. The molecule has 4 heteroatoms. The average Bonchev–Trinajstić information content (AvgIpc) is 2.54. The van der Waals surface area contributed by atoms with Gasteiger partial charge in [-0.15, -0.1) is 11.3 Å². The first-order chi connectivity index (χ1) is 6.79. The summed E-state index contributed by atoms with van der Waals surface area (Å²) >= 11 is 5.24. The van der Waals surface area contributed by atoms with Gasteiger partial charge in [0, 0.05) is 10.9 Å². The van der Waals surface area contributed by atoms with Gasteiger partial charge in [0.1, 0.15) is 0 Å². The molecule has 0 amide bonds. The first kappa shape index (κ1) is 10.6. The van der Waals surface area contributed by atoms with Crippen molar-refractivity contribution in [3.05, 3.63) is 14.5 Å². The Kier molecular flexibility index (Phi) is 3.57. The highest BCUT2D eigenvalue weighted by Crippen LogP contribution is 2.29. The van der Waals surface area contributed by atoms with Crippen LogP contribution in [-0.4, -0.2) is 17.6 Å². The third-order valence-electron chi connectivity index (χ3n) is 2.60. The Morgan fingerprint density at radius 3 is 3.29 bits per heavy atom. The average molecular weight is 275 g/mol. The zero-order valence-corrected chi connectivity index (χ0v) is 10.7. The van der Waals surface area contributed by atoms with Crippen molar-refractivity contribution in [3.8, 4) is 0 Å². The largest absolute Gasteiger partial charge is 0.314 e. The number of hydrogen-bond donors (Lipinski definition) is 1. The van der Waals surface area contributed by atoms with Crippen molar-refractivity contribution in [3.63, 3.8) is 0 Å². The third kappa shape index (κ3) is 2.35. The summed E-state index contributed by atoms with van der Waals surface area (Å²) in [5, 5.41) is 3.58. The normalized spacial score (nSPS) is 20.9. The van der Waals surface area contributed by atoms with Gasteiger partial charge in [-0.25, -0.2) is 4.98 Å². The Labute approximate surface area is 97.3 Å². The zero-order valence-electron chi connectivity index (χ0n) is 8.35. The molecule has 0 fully saturated rings. The van der Waals surface area contributed by atoms with Crippen LogP contribution in [0.5, 0.6) is 0 Å². The van der Waals surface area contributed by atoms with E-state index in [2.05, 4.69) is 33.2 Å². The van der Waals surface area contributed by atoms with Crippen molar-refractivity contribution >= 4 is 27.3 Å². The van der Waals surface area contributed by atoms with E-state index in [-0.39, 0.29) is 0 Å². The molecule has 0 radical (unpaired) electrons. The number of aromatic nitrogens is 1. The standard InChI is InChI=1S/C10H15BrN2S/c1-2-5-12-7-3-4-8-9(6-7)14-10(11)13-8/h7,12H,2-6H2,1H3. The summed E-state index contributed by atoms with van der Waals surface area (Å²) in [7, 11) is 0. The SMILES string of the molecule is CCCNC1CCc2nc(Br)sc2C1. The number of aryl methyl sites for hydroxylation is 1. The van der Waals surface area contributed by atoms with Gasteiger partial charge < -0.3 is 5.32 Å². The Bertz CT molecular complexity index is 311. The lowest BCUT2D eigenvalue weighted by Gasteiger charge is -2.22. The van der Waals surface area contributed by atoms with E-state index in [0.717, 1.165) is 16.9 Å². The molecule has 0 aliphatic heterocycles. The van der Waals surface area contributed by atoms with Gasteiger partial charge in [-0.3, -0.25) is 0 Å². The molecule has 1 unspecified atom stereocenters. The van der Waals surface area contributed by atoms with Crippen LogP contribution in [-0.2, 0) is 12.8 Å². The molecule has 1 atom stereocenters. The maximum Gasteiger partial charge on any atom is 0.159 e. The first-order valence-corrected chi connectivity index (χ1v) is 6.78. The van der Waals surface area contributed by atoms with Gasteiger partial charge >= 0.3 is 0 Å². The molecule has 0 saturated heterocycles. The summed E-state index contributed by atoms with van der Waals surface area (Å²) in [6.45, 7) is 3.35. The van der Waals surface area contributed by atoms with Crippen molar-refractivity contribution in [2.75, 3.05) is 6.54 Å². The van der Waals surface area contributed by atoms with E-state index >= 15 is 0 Å². The number of halogens is 1. The minimum absolute atomic E-state index is 0.676. The van der Waals surface area contributed by atoms with Crippen LogP contribution in [0.25, 0.3) is 0 Å². The lowest BCUT2D eigenvalue weighted by atomic mass is 9.98. The van der Waals surface area contributed by atoms with Crippen molar-refractivity contribution in [1.82, 2.24) is 10.3 Å². The van der Waals surface area contributed by atoms with Crippen molar-refractivity contribution in [2.24, 2.45) is 0 Å². The summed E-state index contributed by atoms with van der Waals surface area (Å²) in [6, 6.07) is 0.676. The van der Waals surface area contributed by atoms with E-state index in [4.69, 9.17) is 0 Å². The van der Waals surface area contributed by atoms with Gasteiger partial charge in [0.05, 0.1) is 5.69 Å². The van der Waals surface area contributed by atoms with Crippen LogP contribution in [0.3, 0.4) is 0 Å². The van der Waals surface area contributed by atoms with E-state index in [1.807, 2.05) is 0 Å². The van der Waals surface area contributed by atoms with Crippen molar-refractivity contribution in [1.29, 1.82) is 0 Å². The molecule has 0 aromatic carbocycles. The van der Waals surface area contributed by atoms with Crippen LogP contribution < -0.4 is 5.32 Å². The van der Waals surface area contributed by atoms with Gasteiger partial charge in [0.25, 0.3) is 0 Å². The maximum absolute atomic E-state index is 4.47. The van der Waals surface area contributed by atoms with E-state index < -0.39 is 0 Å². The predicted octanol–water partition coefficient (Wildman–Crippen LogP) is 2.76. The monoisotopic (exact) mass is 274 g/mol. The molecule has 1 aliphatic carbocycles. The van der Waals surface area contributed by atoms with Gasteiger partial charge in [-0.1, -0.05) is 6.92 Å². The van der Waals surface area contributed by atoms with Gasteiger partial charge in [0.2, 0.25) is 0 Å². The van der Waals surface area contributed by atoms with E-state index in [1.54, 1.807) is 11.3 Å². The van der Waals surface area contributed by atoms with Crippen molar-refractivity contribution < 1.29 is 0 Å². The number of nitrogens with one attached hydrogen (secondary N) is 1. The molecule has 0 bridgehead atoms. The number of thiazole rings is 1. The molecule has 1 N–H and O–H groups in total. The number of rotatable bonds is 3. The van der Waals surface area contributed by atoms with E-state index in [1.165, 1.54) is 29.8 Å². The van der Waals surface area contributed by atoms with Gasteiger partial charge in [0.15, 0.2) is 3.92 Å².